The minimum absolute atomic E-state index is 0.0230. The van der Waals surface area contributed by atoms with E-state index in [-0.39, 0.29) is 42.3 Å². The SMILES string of the molecule is C=NC(=O)c1cc(C)c(CC(N)C(=O)N(Cc2ccc(OC)c(C(=O)O)c2)[C@@H](C)C2=NC(C3=CC=CCC3)CC2)c(C)c1. The van der Waals surface area contributed by atoms with Crippen molar-refractivity contribution in [3.63, 3.8) is 0 Å². The summed E-state index contributed by atoms with van der Waals surface area (Å²) in [4.78, 5) is 48.4. The lowest BCUT2D eigenvalue weighted by molar-refractivity contribution is -0.134. The van der Waals surface area contributed by atoms with Gasteiger partial charge in [-0.1, -0.05) is 24.3 Å². The molecule has 0 fully saturated rings. The van der Waals surface area contributed by atoms with E-state index in [9.17, 15) is 19.5 Å². The molecule has 0 saturated carbocycles. The van der Waals surface area contributed by atoms with Gasteiger partial charge in [0, 0.05) is 17.8 Å². The molecule has 226 valence electrons. The summed E-state index contributed by atoms with van der Waals surface area (Å²) in [7, 11) is 1.42. The Balaban J connectivity index is 1.65. The third kappa shape index (κ3) is 7.17. The number of carboxylic acid groups (broad SMARTS) is 1. The molecule has 0 saturated heterocycles. The van der Waals surface area contributed by atoms with Crippen molar-refractivity contribution < 1.29 is 24.2 Å². The van der Waals surface area contributed by atoms with Crippen LogP contribution in [0.3, 0.4) is 0 Å². The summed E-state index contributed by atoms with van der Waals surface area (Å²) in [5.74, 6) is -1.54. The van der Waals surface area contributed by atoms with Gasteiger partial charge in [0.1, 0.15) is 11.3 Å². The highest BCUT2D eigenvalue weighted by Crippen LogP contribution is 2.29. The van der Waals surface area contributed by atoms with E-state index in [4.69, 9.17) is 15.5 Å². The van der Waals surface area contributed by atoms with Crippen molar-refractivity contribution in [3.8, 4) is 5.75 Å². The second-order valence-corrected chi connectivity index (χ2v) is 11.2. The number of hydrogen-bond donors (Lipinski definition) is 2. The molecule has 1 heterocycles. The Kier molecular flexibility index (Phi) is 10.1. The fourth-order valence-corrected chi connectivity index (χ4v) is 5.95. The summed E-state index contributed by atoms with van der Waals surface area (Å²) in [6.45, 7) is 9.20. The third-order valence-corrected chi connectivity index (χ3v) is 8.38. The largest absolute Gasteiger partial charge is 0.496 e. The molecule has 3 N–H and O–H groups in total. The summed E-state index contributed by atoms with van der Waals surface area (Å²) in [5, 5.41) is 9.73. The van der Waals surface area contributed by atoms with E-state index in [0.29, 0.717) is 11.1 Å². The first-order valence-corrected chi connectivity index (χ1v) is 14.5. The number of nitrogens with zero attached hydrogens (tertiary/aromatic N) is 3. The predicted octanol–water partition coefficient (Wildman–Crippen LogP) is 5.02. The molecule has 0 bridgehead atoms. The highest BCUT2D eigenvalue weighted by Gasteiger charge is 2.32. The van der Waals surface area contributed by atoms with Crippen LogP contribution in [0.2, 0.25) is 0 Å². The van der Waals surface area contributed by atoms with Gasteiger partial charge < -0.3 is 20.5 Å². The zero-order chi connectivity index (χ0) is 31.3. The zero-order valence-corrected chi connectivity index (χ0v) is 25.3. The first-order valence-electron chi connectivity index (χ1n) is 14.5. The molecule has 1 aliphatic carbocycles. The average molecular weight is 585 g/mol. The van der Waals surface area contributed by atoms with Crippen LogP contribution in [-0.4, -0.2) is 65.5 Å². The normalized spacial score (nSPS) is 17.5. The molecule has 2 aliphatic rings. The van der Waals surface area contributed by atoms with Crippen molar-refractivity contribution in [2.45, 2.75) is 77.5 Å². The van der Waals surface area contributed by atoms with Crippen LogP contribution in [0.1, 0.15) is 75.6 Å². The highest BCUT2D eigenvalue weighted by atomic mass is 16.5. The van der Waals surface area contributed by atoms with Crippen LogP contribution in [0.5, 0.6) is 5.75 Å². The number of nitrogens with two attached hydrogens (primary N) is 1. The van der Waals surface area contributed by atoms with Gasteiger partial charge in [0.15, 0.2) is 0 Å². The summed E-state index contributed by atoms with van der Waals surface area (Å²) in [6, 6.07) is 7.26. The molecule has 3 atom stereocenters. The minimum Gasteiger partial charge on any atom is -0.496 e. The Bertz CT molecular complexity index is 1500. The van der Waals surface area contributed by atoms with Crippen LogP contribution >= 0.6 is 0 Å². The van der Waals surface area contributed by atoms with E-state index in [2.05, 4.69) is 29.9 Å². The van der Waals surface area contributed by atoms with E-state index in [1.807, 2.05) is 20.8 Å². The molecule has 9 heteroatoms. The Morgan fingerprint density at radius 2 is 1.91 bits per heavy atom. The van der Waals surface area contributed by atoms with Crippen LogP contribution in [0.15, 0.2) is 64.1 Å². The lowest BCUT2D eigenvalue weighted by Gasteiger charge is -2.32. The molecule has 2 aromatic rings. The van der Waals surface area contributed by atoms with E-state index >= 15 is 0 Å². The predicted molar refractivity (Wildman–Crippen MR) is 168 cm³/mol. The number of carbonyl (C=O) groups is 3. The van der Waals surface area contributed by atoms with Crippen LogP contribution in [0.25, 0.3) is 0 Å². The second-order valence-electron chi connectivity index (χ2n) is 11.2. The van der Waals surface area contributed by atoms with Crippen LogP contribution in [-0.2, 0) is 17.8 Å². The summed E-state index contributed by atoms with van der Waals surface area (Å²) in [5.41, 5.74) is 12.5. The van der Waals surface area contributed by atoms with Gasteiger partial charge in [-0.25, -0.2) is 9.79 Å². The molecule has 43 heavy (non-hydrogen) atoms. The number of methoxy groups -OCH3 is 1. The van der Waals surface area contributed by atoms with Crippen molar-refractivity contribution >= 4 is 30.2 Å². The maximum Gasteiger partial charge on any atom is 0.339 e. The fraction of sp³-hybridized carbons (Fsp3) is 0.382. The van der Waals surface area contributed by atoms with Crippen LogP contribution in [0.4, 0.5) is 0 Å². The van der Waals surface area contributed by atoms with E-state index in [1.54, 1.807) is 29.2 Å². The summed E-state index contributed by atoms with van der Waals surface area (Å²) in [6.07, 6.45) is 10.3. The Labute approximate surface area is 252 Å². The van der Waals surface area contributed by atoms with E-state index < -0.39 is 17.9 Å². The molecule has 0 radical (unpaired) electrons. The smallest absolute Gasteiger partial charge is 0.339 e. The second kappa shape index (κ2) is 13.7. The molecule has 2 unspecified atom stereocenters. The van der Waals surface area contributed by atoms with Gasteiger partial charge >= 0.3 is 5.97 Å². The van der Waals surface area contributed by atoms with Crippen molar-refractivity contribution in [1.82, 2.24) is 4.90 Å². The Morgan fingerprint density at radius 1 is 1.19 bits per heavy atom. The molecule has 9 nitrogen and oxygen atoms in total. The molecular weight excluding hydrogens is 544 g/mol. The molecule has 0 aromatic heterocycles. The number of allylic oxidation sites excluding steroid dienone is 3. The maximum atomic E-state index is 14.1. The van der Waals surface area contributed by atoms with E-state index in [0.717, 1.165) is 48.1 Å². The average Bonchev–Trinajstić information content (AvgIpc) is 3.51. The van der Waals surface area contributed by atoms with Crippen molar-refractivity contribution in [3.05, 3.63) is 87.5 Å². The summed E-state index contributed by atoms with van der Waals surface area (Å²) < 4.78 is 5.23. The number of amides is 2. The number of hydrogen-bond acceptors (Lipinski definition) is 6. The third-order valence-electron chi connectivity index (χ3n) is 8.38. The Morgan fingerprint density at radius 3 is 2.51 bits per heavy atom. The lowest BCUT2D eigenvalue weighted by atomic mass is 9.93. The standard InChI is InChI=1S/C34H40N4O5/c1-20-15-25(32(39)36-4)16-21(2)26(20)18-28(35)33(40)38(19-23-11-14-31(43-5)27(17-23)34(41)42)22(3)29-12-13-30(37-29)24-9-7-6-8-10-24/h6-7,9,11,14-17,22,28,30H,4,8,10,12-13,18-19,35H2,1-3,5H3,(H,41,42)/t22-,28?,30?/m0/s1. The van der Waals surface area contributed by atoms with Crippen molar-refractivity contribution in [2.75, 3.05) is 7.11 Å². The van der Waals surface area contributed by atoms with Crippen LogP contribution in [0, 0.1) is 13.8 Å². The lowest BCUT2D eigenvalue weighted by Crippen LogP contribution is -2.50. The number of rotatable bonds is 11. The van der Waals surface area contributed by atoms with Crippen LogP contribution < -0.4 is 10.5 Å². The molecule has 2 aromatic carbocycles. The maximum absolute atomic E-state index is 14.1. The minimum atomic E-state index is -1.11. The molecule has 0 spiro atoms. The van der Waals surface area contributed by atoms with Crippen molar-refractivity contribution in [2.24, 2.45) is 15.7 Å². The number of aromatic carboxylic acids is 1. The molecule has 2 amide bonds. The first-order chi connectivity index (χ1) is 20.5. The Hall–Kier alpha value is -4.37. The van der Waals surface area contributed by atoms with Crippen molar-refractivity contribution in [1.29, 1.82) is 0 Å². The number of carbonyl (C=O) groups excluding carboxylic acids is 2. The molecular formula is C34H40N4O5. The van der Waals surface area contributed by atoms with Gasteiger partial charge in [0.25, 0.3) is 5.91 Å². The van der Waals surface area contributed by atoms with Gasteiger partial charge in [-0.3, -0.25) is 14.6 Å². The monoisotopic (exact) mass is 584 g/mol. The fourth-order valence-electron chi connectivity index (χ4n) is 5.95. The van der Waals surface area contributed by atoms with Gasteiger partial charge in [0.2, 0.25) is 5.91 Å². The number of benzene rings is 2. The van der Waals surface area contributed by atoms with Gasteiger partial charge in [0.05, 0.1) is 25.2 Å². The van der Waals surface area contributed by atoms with Gasteiger partial charge in [-0.2, -0.15) is 0 Å². The van der Waals surface area contributed by atoms with E-state index in [1.165, 1.54) is 18.7 Å². The summed E-state index contributed by atoms with van der Waals surface area (Å²) >= 11 is 0. The first kappa shape index (κ1) is 31.6. The number of aryl methyl sites for hydroxylation is 2. The number of carboxylic acids is 1. The number of aliphatic imine (C=N–C) groups is 2. The highest BCUT2D eigenvalue weighted by molar-refractivity contribution is 5.98. The molecule has 4 rings (SSSR count). The van der Waals surface area contributed by atoms with Gasteiger partial charge in [-0.05, 0) is 112 Å². The number of ether oxygens (including phenoxy) is 1. The molecule has 1 aliphatic heterocycles. The zero-order valence-electron chi connectivity index (χ0n) is 25.3. The quantitative estimate of drug-likeness (QED) is 0.356. The topological polar surface area (TPSA) is 135 Å². The van der Waals surface area contributed by atoms with Gasteiger partial charge in [-0.15, -0.1) is 0 Å².